The van der Waals surface area contributed by atoms with Crippen molar-refractivity contribution in [3.05, 3.63) is 46.1 Å². The Hall–Kier alpha value is -1.98. The van der Waals surface area contributed by atoms with E-state index in [1.165, 1.54) is 12.3 Å². The number of esters is 1. The van der Waals surface area contributed by atoms with E-state index in [0.717, 1.165) is 0 Å². The molecule has 0 spiro atoms. The van der Waals surface area contributed by atoms with Gasteiger partial charge in [-0.3, -0.25) is 0 Å². The van der Waals surface area contributed by atoms with Crippen molar-refractivity contribution in [3.8, 4) is 0 Å². The second-order valence-corrected chi connectivity index (χ2v) is 4.97. The van der Waals surface area contributed by atoms with E-state index >= 15 is 0 Å². The quantitative estimate of drug-likeness (QED) is 0.834. The van der Waals surface area contributed by atoms with Gasteiger partial charge < -0.3 is 15.8 Å². The van der Waals surface area contributed by atoms with E-state index in [2.05, 4.69) is 10.3 Å². The average Bonchev–Trinajstić information content (AvgIpc) is 2.44. The van der Waals surface area contributed by atoms with Crippen molar-refractivity contribution in [1.29, 1.82) is 0 Å². The first-order valence-electron chi connectivity index (χ1n) is 6.16. The molecule has 0 radical (unpaired) electrons. The highest BCUT2D eigenvalue weighted by Gasteiger charge is 2.13. The van der Waals surface area contributed by atoms with Crippen LogP contribution in [0.1, 0.15) is 17.3 Å². The molecule has 2 rings (SSSR count). The molecule has 3 N–H and O–H groups in total. The minimum atomic E-state index is -0.498. The number of carbonyl (C=O) groups is 1. The van der Waals surface area contributed by atoms with Crippen LogP contribution in [0.4, 0.5) is 17.2 Å². The fourth-order valence-electron chi connectivity index (χ4n) is 1.65. The van der Waals surface area contributed by atoms with Crippen molar-refractivity contribution in [2.75, 3.05) is 17.7 Å². The Labute approximate surface area is 132 Å². The molecule has 0 unspecified atom stereocenters. The molecule has 0 bridgehead atoms. The van der Waals surface area contributed by atoms with Crippen LogP contribution in [-0.2, 0) is 4.74 Å². The summed E-state index contributed by atoms with van der Waals surface area (Å²) in [6.07, 6.45) is 1.39. The van der Waals surface area contributed by atoms with E-state index in [-0.39, 0.29) is 17.9 Å². The van der Waals surface area contributed by atoms with Gasteiger partial charge in [-0.25, -0.2) is 9.78 Å². The smallest absolute Gasteiger partial charge is 0.340 e. The molecule has 0 atom stereocenters. The molecule has 1 heterocycles. The lowest BCUT2D eigenvalue weighted by molar-refractivity contribution is 0.0527. The van der Waals surface area contributed by atoms with Gasteiger partial charge in [0.25, 0.3) is 0 Å². The summed E-state index contributed by atoms with van der Waals surface area (Å²) in [6, 6.07) is 6.53. The van der Waals surface area contributed by atoms with Gasteiger partial charge in [0.15, 0.2) is 0 Å². The number of anilines is 3. The second kappa shape index (κ2) is 6.65. The van der Waals surface area contributed by atoms with Gasteiger partial charge in [-0.2, -0.15) is 0 Å². The van der Waals surface area contributed by atoms with Gasteiger partial charge in [0, 0.05) is 5.02 Å². The van der Waals surface area contributed by atoms with E-state index in [0.29, 0.717) is 21.6 Å². The molecule has 110 valence electrons. The van der Waals surface area contributed by atoms with Crippen molar-refractivity contribution >= 4 is 46.4 Å². The molecule has 0 fully saturated rings. The Morgan fingerprint density at radius 2 is 2.14 bits per heavy atom. The Kier molecular flexibility index (Phi) is 4.88. The number of aromatic nitrogens is 1. The molecular weight excluding hydrogens is 313 g/mol. The summed E-state index contributed by atoms with van der Waals surface area (Å²) in [5.74, 6) is -0.0703. The number of hydrogen-bond acceptors (Lipinski definition) is 5. The van der Waals surface area contributed by atoms with Crippen LogP contribution in [-0.4, -0.2) is 17.6 Å². The maximum atomic E-state index is 11.8. The van der Waals surface area contributed by atoms with Crippen LogP contribution in [0.2, 0.25) is 10.0 Å². The van der Waals surface area contributed by atoms with Gasteiger partial charge in [0.05, 0.1) is 34.8 Å². The minimum absolute atomic E-state index is 0.249. The van der Waals surface area contributed by atoms with Crippen LogP contribution in [0.3, 0.4) is 0 Å². The lowest BCUT2D eigenvalue weighted by Crippen LogP contribution is -2.09. The average molecular weight is 326 g/mol. The lowest BCUT2D eigenvalue weighted by Gasteiger charge is -2.10. The number of hydrogen-bond donors (Lipinski definition) is 2. The minimum Gasteiger partial charge on any atom is -0.462 e. The first kappa shape index (κ1) is 15.4. The van der Waals surface area contributed by atoms with Crippen molar-refractivity contribution < 1.29 is 9.53 Å². The number of ether oxygens (including phenoxy) is 1. The number of carbonyl (C=O) groups excluding carboxylic acids is 1. The molecule has 0 saturated carbocycles. The van der Waals surface area contributed by atoms with Crippen LogP contribution in [0, 0.1) is 0 Å². The van der Waals surface area contributed by atoms with Crippen LogP contribution in [0.25, 0.3) is 0 Å². The SMILES string of the molecule is CCOC(=O)c1cc(Nc2ccc(Cl)cc2Cl)ncc1N. The topological polar surface area (TPSA) is 77.2 Å². The summed E-state index contributed by atoms with van der Waals surface area (Å²) in [7, 11) is 0. The number of nitrogens with two attached hydrogens (primary N) is 1. The maximum Gasteiger partial charge on any atom is 0.340 e. The molecule has 21 heavy (non-hydrogen) atoms. The molecule has 0 aliphatic rings. The highest BCUT2D eigenvalue weighted by molar-refractivity contribution is 6.36. The Bertz CT molecular complexity index is 677. The van der Waals surface area contributed by atoms with Crippen molar-refractivity contribution in [1.82, 2.24) is 4.98 Å². The standard InChI is InChI=1S/C14H13Cl2N3O2/c1-2-21-14(20)9-6-13(18-7-11(9)17)19-12-4-3-8(15)5-10(12)16/h3-7H,2,17H2,1H3,(H,18,19). The van der Waals surface area contributed by atoms with Gasteiger partial charge in [0.1, 0.15) is 5.82 Å². The Morgan fingerprint density at radius 3 is 2.81 bits per heavy atom. The van der Waals surface area contributed by atoms with E-state index < -0.39 is 5.97 Å². The number of pyridine rings is 1. The summed E-state index contributed by atoms with van der Waals surface area (Å²) in [5.41, 5.74) is 6.85. The number of benzene rings is 1. The zero-order valence-electron chi connectivity index (χ0n) is 11.2. The highest BCUT2D eigenvalue weighted by atomic mass is 35.5. The fourth-order valence-corrected chi connectivity index (χ4v) is 2.10. The van der Waals surface area contributed by atoms with E-state index in [1.54, 1.807) is 25.1 Å². The fraction of sp³-hybridized carbons (Fsp3) is 0.143. The van der Waals surface area contributed by atoms with Gasteiger partial charge >= 0.3 is 5.97 Å². The first-order chi connectivity index (χ1) is 10.0. The zero-order chi connectivity index (χ0) is 15.4. The summed E-state index contributed by atoms with van der Waals surface area (Å²) >= 11 is 11.9. The van der Waals surface area contributed by atoms with E-state index in [9.17, 15) is 4.79 Å². The van der Waals surface area contributed by atoms with Gasteiger partial charge in [-0.15, -0.1) is 0 Å². The first-order valence-corrected chi connectivity index (χ1v) is 6.91. The largest absolute Gasteiger partial charge is 0.462 e. The predicted molar refractivity (Wildman–Crippen MR) is 84.4 cm³/mol. The van der Waals surface area contributed by atoms with E-state index in [1.807, 2.05) is 0 Å². The molecule has 7 heteroatoms. The predicted octanol–water partition coefficient (Wildman–Crippen LogP) is 3.89. The number of rotatable bonds is 4. The van der Waals surface area contributed by atoms with Gasteiger partial charge in [0.2, 0.25) is 0 Å². The monoisotopic (exact) mass is 325 g/mol. The van der Waals surface area contributed by atoms with Gasteiger partial charge in [-0.1, -0.05) is 23.2 Å². The third-order valence-corrected chi connectivity index (χ3v) is 3.17. The summed E-state index contributed by atoms with van der Waals surface area (Å²) in [5, 5.41) is 3.97. The van der Waals surface area contributed by atoms with E-state index in [4.69, 9.17) is 33.7 Å². The van der Waals surface area contributed by atoms with Crippen LogP contribution in [0.5, 0.6) is 0 Å². The summed E-state index contributed by atoms with van der Waals surface area (Å²) in [4.78, 5) is 15.9. The molecule has 1 aromatic heterocycles. The van der Waals surface area contributed by atoms with Crippen molar-refractivity contribution in [2.45, 2.75) is 6.92 Å². The summed E-state index contributed by atoms with van der Waals surface area (Å²) in [6.45, 7) is 1.99. The molecule has 0 aliphatic heterocycles. The van der Waals surface area contributed by atoms with Crippen LogP contribution >= 0.6 is 23.2 Å². The van der Waals surface area contributed by atoms with Gasteiger partial charge in [-0.05, 0) is 31.2 Å². The molecule has 2 aromatic rings. The molecule has 0 aliphatic carbocycles. The Morgan fingerprint density at radius 1 is 1.38 bits per heavy atom. The third-order valence-electron chi connectivity index (χ3n) is 2.62. The van der Waals surface area contributed by atoms with Crippen LogP contribution < -0.4 is 11.1 Å². The third kappa shape index (κ3) is 3.77. The highest BCUT2D eigenvalue weighted by Crippen LogP contribution is 2.28. The molecular formula is C14H13Cl2N3O2. The molecule has 0 saturated heterocycles. The lowest BCUT2D eigenvalue weighted by atomic mass is 10.2. The normalized spacial score (nSPS) is 10.2. The number of halogens is 2. The van der Waals surface area contributed by atoms with Crippen molar-refractivity contribution in [2.24, 2.45) is 0 Å². The molecule has 0 amide bonds. The second-order valence-electron chi connectivity index (χ2n) is 4.13. The number of nitrogens with zero attached hydrogens (tertiary/aromatic N) is 1. The summed E-state index contributed by atoms with van der Waals surface area (Å²) < 4.78 is 4.94. The number of nitrogens with one attached hydrogen (secondary N) is 1. The zero-order valence-corrected chi connectivity index (χ0v) is 12.7. The number of nitrogen functional groups attached to an aromatic ring is 1. The molecule has 5 nitrogen and oxygen atoms in total. The molecule has 1 aromatic carbocycles. The van der Waals surface area contributed by atoms with Crippen LogP contribution in [0.15, 0.2) is 30.5 Å². The maximum absolute atomic E-state index is 11.8. The van der Waals surface area contributed by atoms with Crippen molar-refractivity contribution in [3.63, 3.8) is 0 Å². The Balaban J connectivity index is 2.28.